The van der Waals surface area contributed by atoms with Crippen molar-refractivity contribution in [1.29, 1.82) is 0 Å². The van der Waals surface area contributed by atoms with E-state index in [1.54, 1.807) is 0 Å². The molecule has 0 saturated heterocycles. The van der Waals surface area contributed by atoms with Crippen LogP contribution in [-0.2, 0) is 0 Å². The number of hydrogen-bond acceptors (Lipinski definition) is 2. The van der Waals surface area contributed by atoms with E-state index < -0.39 is 0 Å². The molecule has 2 heteroatoms. The van der Waals surface area contributed by atoms with Crippen LogP contribution >= 0.6 is 0 Å². The summed E-state index contributed by atoms with van der Waals surface area (Å²) < 4.78 is 0. The Hall–Kier alpha value is -1.02. The molecule has 118 valence electrons. The average Bonchev–Trinajstić information content (AvgIpc) is 2.49. The molecule has 1 aromatic rings. The summed E-state index contributed by atoms with van der Waals surface area (Å²) in [5.41, 5.74) is 3.23. The number of para-hydroxylation sites is 1. The molecule has 1 saturated carbocycles. The van der Waals surface area contributed by atoms with Gasteiger partial charge in [-0.25, -0.2) is 0 Å². The number of rotatable bonds is 7. The average molecular weight is 288 g/mol. The molecule has 0 bridgehead atoms. The normalized spacial score (nSPS) is 17.7. The maximum Gasteiger partial charge on any atom is 0.0393 e. The minimum absolute atomic E-state index is 0.463. The van der Waals surface area contributed by atoms with Crippen LogP contribution < -0.4 is 10.2 Å². The Kier molecular flexibility index (Phi) is 6.10. The zero-order valence-corrected chi connectivity index (χ0v) is 14.1. The molecule has 1 fully saturated rings. The van der Waals surface area contributed by atoms with E-state index in [9.17, 15) is 0 Å². The van der Waals surface area contributed by atoms with Gasteiger partial charge in [0.15, 0.2) is 0 Å². The highest BCUT2D eigenvalue weighted by atomic mass is 15.1. The van der Waals surface area contributed by atoms with Gasteiger partial charge in [0, 0.05) is 31.2 Å². The fourth-order valence-corrected chi connectivity index (χ4v) is 3.80. The number of hydrogen-bond donors (Lipinski definition) is 1. The summed E-state index contributed by atoms with van der Waals surface area (Å²) in [5.74, 6) is 0. The summed E-state index contributed by atoms with van der Waals surface area (Å²) in [4.78, 5) is 2.48. The van der Waals surface area contributed by atoms with Crippen LogP contribution in [0.25, 0.3) is 0 Å². The molecule has 0 aromatic heterocycles. The zero-order chi connectivity index (χ0) is 15.1. The Bertz CT molecular complexity index is 421. The first-order valence-electron chi connectivity index (χ1n) is 8.64. The number of anilines is 1. The SMILES string of the molecule is CCCNCC1(CN(C)c2ccccc2C)CCCCC1. The van der Waals surface area contributed by atoms with E-state index in [4.69, 9.17) is 0 Å². The summed E-state index contributed by atoms with van der Waals surface area (Å²) in [6.45, 7) is 7.97. The largest absolute Gasteiger partial charge is 0.374 e. The van der Waals surface area contributed by atoms with Crippen LogP contribution in [0.15, 0.2) is 24.3 Å². The maximum atomic E-state index is 3.69. The predicted molar refractivity (Wildman–Crippen MR) is 93.1 cm³/mol. The highest BCUT2D eigenvalue weighted by Gasteiger charge is 2.33. The van der Waals surface area contributed by atoms with E-state index in [0.717, 1.165) is 6.54 Å². The second kappa shape index (κ2) is 7.84. The standard InChI is InChI=1S/C19H32N2/c1-4-14-20-15-19(12-8-5-9-13-19)16-21(3)18-11-7-6-10-17(18)2/h6-7,10-11,20H,4-5,8-9,12-16H2,1-3H3. The lowest BCUT2D eigenvalue weighted by Crippen LogP contribution is -2.44. The Morgan fingerprint density at radius 2 is 1.86 bits per heavy atom. The number of nitrogens with one attached hydrogen (secondary N) is 1. The third-order valence-corrected chi connectivity index (χ3v) is 4.94. The molecule has 0 amide bonds. The Labute approximate surface area is 130 Å². The molecule has 1 aliphatic rings. The van der Waals surface area contributed by atoms with Crippen molar-refractivity contribution in [3.63, 3.8) is 0 Å². The number of benzene rings is 1. The molecular formula is C19H32N2. The van der Waals surface area contributed by atoms with Crippen molar-refractivity contribution in [1.82, 2.24) is 5.32 Å². The number of aryl methyl sites for hydroxylation is 1. The monoisotopic (exact) mass is 288 g/mol. The Balaban J connectivity index is 2.05. The van der Waals surface area contributed by atoms with Crippen molar-refractivity contribution in [3.8, 4) is 0 Å². The van der Waals surface area contributed by atoms with Gasteiger partial charge in [0.05, 0.1) is 0 Å². The van der Waals surface area contributed by atoms with Crippen LogP contribution in [0, 0.1) is 12.3 Å². The first-order valence-corrected chi connectivity index (χ1v) is 8.64. The quantitative estimate of drug-likeness (QED) is 0.749. The maximum absolute atomic E-state index is 3.69. The molecule has 1 aromatic carbocycles. The summed E-state index contributed by atoms with van der Waals surface area (Å²) in [6.07, 6.45) is 8.19. The molecule has 2 rings (SSSR count). The van der Waals surface area contributed by atoms with Crippen molar-refractivity contribution in [2.45, 2.75) is 52.4 Å². The van der Waals surface area contributed by atoms with Gasteiger partial charge in [0.1, 0.15) is 0 Å². The van der Waals surface area contributed by atoms with Crippen LogP contribution in [0.2, 0.25) is 0 Å². The molecule has 2 nitrogen and oxygen atoms in total. The van der Waals surface area contributed by atoms with Gasteiger partial charge in [-0.3, -0.25) is 0 Å². The lowest BCUT2D eigenvalue weighted by molar-refractivity contribution is 0.189. The van der Waals surface area contributed by atoms with E-state index >= 15 is 0 Å². The zero-order valence-electron chi connectivity index (χ0n) is 14.1. The molecule has 0 radical (unpaired) electrons. The molecule has 0 atom stereocenters. The van der Waals surface area contributed by atoms with Gasteiger partial charge >= 0.3 is 0 Å². The molecular weight excluding hydrogens is 256 g/mol. The Morgan fingerprint density at radius 3 is 2.52 bits per heavy atom. The summed E-state index contributed by atoms with van der Waals surface area (Å²) in [6, 6.07) is 8.76. The smallest absolute Gasteiger partial charge is 0.0393 e. The minimum atomic E-state index is 0.463. The third kappa shape index (κ3) is 4.47. The Morgan fingerprint density at radius 1 is 1.14 bits per heavy atom. The topological polar surface area (TPSA) is 15.3 Å². The van der Waals surface area contributed by atoms with Crippen molar-refractivity contribution in [2.75, 3.05) is 31.6 Å². The molecule has 0 unspecified atom stereocenters. The first kappa shape index (κ1) is 16.4. The fraction of sp³-hybridized carbons (Fsp3) is 0.684. The summed E-state index contributed by atoms with van der Waals surface area (Å²) in [5, 5.41) is 3.69. The number of nitrogens with zero attached hydrogens (tertiary/aromatic N) is 1. The predicted octanol–water partition coefficient (Wildman–Crippen LogP) is 4.38. The van der Waals surface area contributed by atoms with Crippen molar-refractivity contribution in [2.24, 2.45) is 5.41 Å². The molecule has 21 heavy (non-hydrogen) atoms. The van der Waals surface area contributed by atoms with E-state index in [2.05, 4.69) is 55.4 Å². The van der Waals surface area contributed by atoms with Gasteiger partial charge in [-0.1, -0.05) is 44.4 Å². The van der Waals surface area contributed by atoms with Gasteiger partial charge in [0.2, 0.25) is 0 Å². The van der Waals surface area contributed by atoms with Crippen molar-refractivity contribution < 1.29 is 0 Å². The second-order valence-electron chi connectivity index (χ2n) is 6.88. The molecule has 1 aliphatic carbocycles. The summed E-state index contributed by atoms with van der Waals surface area (Å²) >= 11 is 0. The van der Waals surface area contributed by atoms with E-state index in [1.807, 2.05) is 0 Å². The van der Waals surface area contributed by atoms with E-state index in [0.29, 0.717) is 5.41 Å². The third-order valence-electron chi connectivity index (χ3n) is 4.94. The summed E-state index contributed by atoms with van der Waals surface area (Å²) in [7, 11) is 2.26. The van der Waals surface area contributed by atoms with Crippen LogP contribution in [0.5, 0.6) is 0 Å². The van der Waals surface area contributed by atoms with Crippen molar-refractivity contribution >= 4 is 5.69 Å². The van der Waals surface area contributed by atoms with E-state index in [1.165, 1.54) is 62.9 Å². The van der Waals surface area contributed by atoms with Crippen LogP contribution in [0.1, 0.15) is 51.0 Å². The van der Waals surface area contributed by atoms with Gasteiger partial charge in [-0.15, -0.1) is 0 Å². The van der Waals surface area contributed by atoms with Crippen molar-refractivity contribution in [3.05, 3.63) is 29.8 Å². The lowest BCUT2D eigenvalue weighted by Gasteiger charge is -2.41. The van der Waals surface area contributed by atoms with Gasteiger partial charge in [-0.05, 0) is 44.4 Å². The van der Waals surface area contributed by atoms with Gasteiger partial charge in [-0.2, -0.15) is 0 Å². The van der Waals surface area contributed by atoms with Crippen LogP contribution in [-0.4, -0.2) is 26.7 Å². The molecule has 0 aliphatic heterocycles. The van der Waals surface area contributed by atoms with Gasteiger partial charge < -0.3 is 10.2 Å². The molecule has 1 N–H and O–H groups in total. The van der Waals surface area contributed by atoms with Gasteiger partial charge in [0.25, 0.3) is 0 Å². The fourth-order valence-electron chi connectivity index (χ4n) is 3.80. The second-order valence-corrected chi connectivity index (χ2v) is 6.88. The minimum Gasteiger partial charge on any atom is -0.374 e. The molecule has 0 heterocycles. The first-order chi connectivity index (χ1) is 10.2. The highest BCUT2D eigenvalue weighted by Crippen LogP contribution is 2.37. The highest BCUT2D eigenvalue weighted by molar-refractivity contribution is 5.52. The van der Waals surface area contributed by atoms with Crippen LogP contribution in [0.3, 0.4) is 0 Å². The van der Waals surface area contributed by atoms with Crippen LogP contribution in [0.4, 0.5) is 5.69 Å². The lowest BCUT2D eigenvalue weighted by atomic mass is 9.73. The van der Waals surface area contributed by atoms with E-state index in [-0.39, 0.29) is 0 Å². The molecule has 0 spiro atoms.